The predicted octanol–water partition coefficient (Wildman–Crippen LogP) is 1.33. The molecule has 0 unspecified atom stereocenters. The zero-order valence-electron chi connectivity index (χ0n) is 17.1. The quantitative estimate of drug-likeness (QED) is 0.616. The maximum absolute atomic E-state index is 12.9. The highest BCUT2D eigenvalue weighted by Crippen LogP contribution is 2.35. The smallest absolute Gasteiger partial charge is 0.350 e. The van der Waals surface area contributed by atoms with Crippen molar-refractivity contribution >= 4 is 23.1 Å². The summed E-state index contributed by atoms with van der Waals surface area (Å²) in [7, 11) is 1.61. The number of aromatic nitrogens is 4. The topological polar surface area (TPSA) is 109 Å². The van der Waals surface area contributed by atoms with Gasteiger partial charge in [0.1, 0.15) is 6.61 Å². The summed E-state index contributed by atoms with van der Waals surface area (Å²) in [6, 6.07) is 7.68. The van der Waals surface area contributed by atoms with E-state index in [9.17, 15) is 9.59 Å². The third-order valence-electron chi connectivity index (χ3n) is 5.84. The zero-order valence-corrected chi connectivity index (χ0v) is 17.1. The Hall–Kier alpha value is -3.87. The second-order valence-corrected chi connectivity index (χ2v) is 7.76. The van der Waals surface area contributed by atoms with Gasteiger partial charge in [-0.3, -0.25) is 9.20 Å². The molecule has 0 saturated carbocycles. The van der Waals surface area contributed by atoms with Gasteiger partial charge in [0.2, 0.25) is 0 Å². The van der Waals surface area contributed by atoms with Crippen molar-refractivity contribution in [3.63, 3.8) is 0 Å². The third-order valence-corrected chi connectivity index (χ3v) is 5.84. The number of anilines is 2. The van der Waals surface area contributed by atoms with Crippen LogP contribution < -0.4 is 15.3 Å². The third kappa shape index (κ3) is 3.28. The lowest BCUT2D eigenvalue weighted by atomic mass is 9.98. The minimum atomic E-state index is -0.205. The summed E-state index contributed by atoms with van der Waals surface area (Å²) in [5, 5.41) is 13.3. The lowest BCUT2D eigenvalue weighted by Crippen LogP contribution is -2.38. The summed E-state index contributed by atoms with van der Waals surface area (Å²) < 4.78 is 8.58. The largest absolute Gasteiger partial charge is 0.488 e. The van der Waals surface area contributed by atoms with Gasteiger partial charge in [-0.15, -0.1) is 0 Å². The van der Waals surface area contributed by atoms with Crippen LogP contribution in [0.5, 0.6) is 5.75 Å². The highest BCUT2D eigenvalue weighted by molar-refractivity contribution is 5.95. The molecule has 0 bridgehead atoms. The van der Waals surface area contributed by atoms with E-state index in [1.54, 1.807) is 30.4 Å². The number of amides is 1. The number of nitriles is 1. The highest BCUT2D eigenvalue weighted by Gasteiger charge is 2.27. The van der Waals surface area contributed by atoms with Crippen molar-refractivity contribution in [2.45, 2.75) is 12.8 Å². The van der Waals surface area contributed by atoms with Crippen LogP contribution >= 0.6 is 0 Å². The number of aryl methyl sites for hydroxylation is 1. The molecule has 31 heavy (non-hydrogen) atoms. The van der Waals surface area contributed by atoms with Gasteiger partial charge < -0.3 is 14.5 Å². The molecule has 10 nitrogen and oxygen atoms in total. The molecule has 0 spiro atoms. The van der Waals surface area contributed by atoms with Crippen LogP contribution in [0.4, 0.5) is 11.5 Å². The van der Waals surface area contributed by atoms with E-state index >= 15 is 0 Å². The average Bonchev–Trinajstić information content (AvgIpc) is 3.10. The van der Waals surface area contributed by atoms with Gasteiger partial charge in [0.15, 0.2) is 17.2 Å². The normalized spacial score (nSPS) is 16.6. The molecule has 3 aromatic heterocycles. The number of nitrogens with zero attached hydrogens (tertiary/aromatic N) is 7. The molecule has 0 atom stereocenters. The second-order valence-electron chi connectivity index (χ2n) is 7.76. The number of hydrogen-bond donors (Lipinski definition) is 0. The molecule has 0 N–H and O–H groups in total. The number of hydrogen-bond acceptors (Lipinski definition) is 7. The summed E-state index contributed by atoms with van der Waals surface area (Å²) in [6.45, 7) is 2.18. The molecule has 0 aliphatic carbocycles. The van der Waals surface area contributed by atoms with Crippen molar-refractivity contribution in [2.24, 2.45) is 13.0 Å². The Morgan fingerprint density at radius 2 is 2.06 bits per heavy atom. The van der Waals surface area contributed by atoms with Crippen LogP contribution in [0, 0.1) is 17.2 Å². The summed E-state index contributed by atoms with van der Waals surface area (Å²) >= 11 is 0. The summed E-state index contributed by atoms with van der Waals surface area (Å²) in [6.07, 6.45) is 4.66. The minimum Gasteiger partial charge on any atom is -0.488 e. The van der Waals surface area contributed by atoms with E-state index in [-0.39, 0.29) is 17.5 Å². The van der Waals surface area contributed by atoms with Crippen molar-refractivity contribution in [1.82, 2.24) is 24.1 Å². The number of piperidine rings is 1. The fourth-order valence-corrected chi connectivity index (χ4v) is 4.10. The van der Waals surface area contributed by atoms with Crippen LogP contribution in [0.25, 0.3) is 5.65 Å². The number of likely N-dealkylation sites (tertiary alicyclic amines) is 1. The van der Waals surface area contributed by atoms with Crippen molar-refractivity contribution in [3.8, 4) is 11.8 Å². The van der Waals surface area contributed by atoms with Crippen molar-refractivity contribution < 1.29 is 9.53 Å². The molecule has 2 aliphatic heterocycles. The van der Waals surface area contributed by atoms with Crippen molar-refractivity contribution in [1.29, 1.82) is 5.26 Å². The maximum atomic E-state index is 12.9. The van der Waals surface area contributed by atoms with E-state index in [0.717, 1.165) is 5.69 Å². The van der Waals surface area contributed by atoms with Crippen LogP contribution in [0.2, 0.25) is 0 Å². The first-order valence-corrected chi connectivity index (χ1v) is 10.2. The van der Waals surface area contributed by atoms with Crippen LogP contribution in [0.1, 0.15) is 23.2 Å². The number of pyridine rings is 2. The molecule has 2 aliphatic rings. The van der Waals surface area contributed by atoms with Gasteiger partial charge in [0.05, 0.1) is 18.2 Å². The highest BCUT2D eigenvalue weighted by atomic mass is 16.5. The van der Waals surface area contributed by atoms with Crippen LogP contribution in [-0.4, -0.2) is 56.2 Å². The standard InChI is InChI=1S/C21H21N7O3/c1-25-21(30)28-7-4-16(11-18(28)24-25)27-8-9-31-17-10-15(13-23-19(17)27)20(29)26-5-2-14(12-22)3-6-26/h4,7,10-11,13-14H,2-3,5-6,8-9H2,1H3. The molecular weight excluding hydrogens is 398 g/mol. The van der Waals surface area contributed by atoms with Gasteiger partial charge in [-0.1, -0.05) is 0 Å². The van der Waals surface area contributed by atoms with Crippen LogP contribution in [0.15, 0.2) is 35.4 Å². The molecule has 158 valence electrons. The van der Waals surface area contributed by atoms with Crippen LogP contribution in [0.3, 0.4) is 0 Å². The molecular formula is C21H21N7O3. The second kappa shape index (κ2) is 7.43. The van der Waals surface area contributed by atoms with Gasteiger partial charge in [-0.2, -0.15) is 10.4 Å². The fourth-order valence-electron chi connectivity index (χ4n) is 4.10. The first-order valence-electron chi connectivity index (χ1n) is 10.2. The zero-order chi connectivity index (χ0) is 21.5. The summed E-state index contributed by atoms with van der Waals surface area (Å²) in [5.41, 5.74) is 1.66. The Labute approximate surface area is 177 Å². The molecule has 5 rings (SSSR count). The maximum Gasteiger partial charge on any atom is 0.350 e. The van der Waals surface area contributed by atoms with E-state index < -0.39 is 0 Å². The van der Waals surface area contributed by atoms with E-state index in [0.29, 0.717) is 61.9 Å². The van der Waals surface area contributed by atoms with Crippen LogP contribution in [-0.2, 0) is 7.05 Å². The lowest BCUT2D eigenvalue weighted by molar-refractivity contribution is 0.0706. The first kappa shape index (κ1) is 19.1. The number of rotatable bonds is 2. The predicted molar refractivity (Wildman–Crippen MR) is 111 cm³/mol. The molecule has 0 aromatic carbocycles. The van der Waals surface area contributed by atoms with E-state index in [1.807, 2.05) is 17.0 Å². The Morgan fingerprint density at radius 3 is 2.84 bits per heavy atom. The molecule has 0 radical (unpaired) electrons. The molecule has 1 amide bonds. The summed E-state index contributed by atoms with van der Waals surface area (Å²) in [5.74, 6) is 1.09. The first-order chi connectivity index (χ1) is 15.0. The monoisotopic (exact) mass is 419 g/mol. The van der Waals surface area contributed by atoms with Gasteiger partial charge in [0, 0.05) is 50.2 Å². The van der Waals surface area contributed by atoms with E-state index in [2.05, 4.69) is 16.2 Å². The molecule has 10 heteroatoms. The Morgan fingerprint density at radius 1 is 1.26 bits per heavy atom. The van der Waals surface area contributed by atoms with Crippen molar-refractivity contribution in [2.75, 3.05) is 31.1 Å². The number of carbonyl (C=O) groups is 1. The van der Waals surface area contributed by atoms with Crippen molar-refractivity contribution in [3.05, 3.63) is 46.6 Å². The SMILES string of the molecule is Cn1nc2cc(N3CCOc4cc(C(=O)N5CCC(C#N)CC5)cnc43)ccn2c1=O. The number of fused-ring (bicyclic) bond motifs is 2. The van der Waals surface area contributed by atoms with Gasteiger partial charge >= 0.3 is 5.69 Å². The lowest BCUT2D eigenvalue weighted by Gasteiger charge is -2.31. The minimum absolute atomic E-state index is 0.0231. The Kier molecular flexibility index (Phi) is 4.58. The fraction of sp³-hybridized carbons (Fsp3) is 0.381. The molecule has 1 saturated heterocycles. The number of carbonyl (C=O) groups excluding carboxylic acids is 1. The summed E-state index contributed by atoms with van der Waals surface area (Å²) in [4.78, 5) is 33.2. The van der Waals surface area contributed by atoms with Gasteiger partial charge in [-0.05, 0) is 25.0 Å². The van der Waals surface area contributed by atoms with Gasteiger partial charge in [0.25, 0.3) is 5.91 Å². The number of ether oxygens (including phenoxy) is 1. The van der Waals surface area contributed by atoms with E-state index in [4.69, 9.17) is 10.00 Å². The van der Waals surface area contributed by atoms with E-state index in [1.165, 1.54) is 9.08 Å². The Balaban J connectivity index is 1.42. The molecule has 3 aromatic rings. The van der Waals surface area contributed by atoms with Gasteiger partial charge in [-0.25, -0.2) is 14.5 Å². The Bertz CT molecular complexity index is 1260. The average molecular weight is 419 g/mol. The molecule has 1 fully saturated rings. The molecule has 5 heterocycles.